The fraction of sp³-hybridized carbons (Fsp3) is 0.240. The first-order valence-electron chi connectivity index (χ1n) is 10.4. The number of hydrogen-bond donors (Lipinski definition) is 1. The highest BCUT2D eigenvalue weighted by Crippen LogP contribution is 2.26. The van der Waals surface area contributed by atoms with E-state index in [-0.39, 0.29) is 23.4 Å². The summed E-state index contributed by atoms with van der Waals surface area (Å²) in [5.41, 5.74) is 1.42. The van der Waals surface area contributed by atoms with Crippen molar-refractivity contribution in [3.63, 3.8) is 0 Å². The molecular weight excluding hydrogens is 488 g/mol. The minimum absolute atomic E-state index is 0.137. The molecule has 0 unspecified atom stereocenters. The van der Waals surface area contributed by atoms with Crippen LogP contribution in [0.2, 0.25) is 0 Å². The molecule has 3 aromatic rings. The number of rotatable bonds is 9. The molecule has 1 atom stereocenters. The molecule has 0 saturated carbocycles. The average Bonchev–Trinajstić information content (AvgIpc) is 2.78. The molecule has 168 valence electrons. The first-order chi connectivity index (χ1) is 15.3. The van der Waals surface area contributed by atoms with E-state index >= 15 is 0 Å². The second-order valence-electron chi connectivity index (χ2n) is 7.96. The highest BCUT2D eigenvalue weighted by Gasteiger charge is 2.28. The van der Waals surface area contributed by atoms with Crippen molar-refractivity contribution in [2.45, 2.75) is 31.2 Å². The summed E-state index contributed by atoms with van der Waals surface area (Å²) in [4.78, 5) is 13.2. The number of carbonyl (C=O) groups excluding carboxylic acids is 1. The van der Waals surface area contributed by atoms with Gasteiger partial charge in [-0.3, -0.25) is 9.10 Å². The molecule has 0 radical (unpaired) electrons. The zero-order chi connectivity index (χ0) is 23.1. The number of carbonyl (C=O) groups is 1. The summed E-state index contributed by atoms with van der Waals surface area (Å²) in [6, 6.07) is 24.6. The molecule has 0 bridgehead atoms. The van der Waals surface area contributed by atoms with Crippen molar-refractivity contribution in [2.24, 2.45) is 5.92 Å². The van der Waals surface area contributed by atoms with E-state index in [1.807, 2.05) is 30.3 Å². The van der Waals surface area contributed by atoms with Gasteiger partial charge in [-0.05, 0) is 54.3 Å². The van der Waals surface area contributed by atoms with E-state index in [0.717, 1.165) is 20.8 Å². The average molecular weight is 515 g/mol. The van der Waals surface area contributed by atoms with Gasteiger partial charge in [-0.2, -0.15) is 0 Å². The maximum atomic E-state index is 13.4. The molecule has 3 rings (SSSR count). The van der Waals surface area contributed by atoms with E-state index in [1.165, 1.54) is 12.1 Å². The predicted octanol–water partition coefficient (Wildman–Crippen LogP) is 5.55. The molecule has 0 heterocycles. The van der Waals surface area contributed by atoms with Crippen molar-refractivity contribution >= 4 is 37.5 Å². The number of sulfonamides is 1. The van der Waals surface area contributed by atoms with Gasteiger partial charge in [-0.1, -0.05) is 78.3 Å². The zero-order valence-corrected chi connectivity index (χ0v) is 20.5. The molecule has 0 spiro atoms. The van der Waals surface area contributed by atoms with Crippen molar-refractivity contribution in [1.82, 2.24) is 5.32 Å². The topological polar surface area (TPSA) is 66.5 Å². The van der Waals surface area contributed by atoms with E-state index in [4.69, 9.17) is 0 Å². The maximum Gasteiger partial charge on any atom is 0.264 e. The fourth-order valence-electron chi connectivity index (χ4n) is 3.45. The van der Waals surface area contributed by atoms with Crippen molar-refractivity contribution in [3.8, 4) is 0 Å². The van der Waals surface area contributed by atoms with Crippen LogP contribution in [0.25, 0.3) is 0 Å². The molecule has 1 N–H and O–H groups in total. The van der Waals surface area contributed by atoms with Crippen molar-refractivity contribution in [2.75, 3.05) is 10.8 Å². The van der Waals surface area contributed by atoms with Crippen LogP contribution in [0.4, 0.5) is 5.69 Å². The smallest absolute Gasteiger partial charge is 0.264 e. The second-order valence-corrected chi connectivity index (χ2v) is 10.7. The molecule has 0 fully saturated rings. The van der Waals surface area contributed by atoms with E-state index in [2.05, 4.69) is 35.1 Å². The maximum absolute atomic E-state index is 13.4. The Morgan fingerprint density at radius 1 is 0.906 bits per heavy atom. The van der Waals surface area contributed by atoms with Gasteiger partial charge in [0.15, 0.2) is 0 Å². The Bertz CT molecular complexity index is 1120. The highest BCUT2D eigenvalue weighted by atomic mass is 79.9. The Morgan fingerprint density at radius 2 is 1.47 bits per heavy atom. The van der Waals surface area contributed by atoms with Crippen molar-refractivity contribution < 1.29 is 13.2 Å². The van der Waals surface area contributed by atoms with Crippen molar-refractivity contribution in [1.29, 1.82) is 0 Å². The monoisotopic (exact) mass is 514 g/mol. The lowest BCUT2D eigenvalue weighted by molar-refractivity contribution is -0.120. The van der Waals surface area contributed by atoms with Gasteiger partial charge in [0.25, 0.3) is 10.0 Å². The molecule has 1 amide bonds. The number of halogens is 1. The van der Waals surface area contributed by atoms with Crippen LogP contribution in [-0.4, -0.2) is 20.9 Å². The zero-order valence-electron chi connectivity index (χ0n) is 18.1. The summed E-state index contributed by atoms with van der Waals surface area (Å²) in [5, 5.41) is 3.05. The van der Waals surface area contributed by atoms with Gasteiger partial charge < -0.3 is 5.32 Å². The third-order valence-corrected chi connectivity index (χ3v) is 7.29. The summed E-state index contributed by atoms with van der Waals surface area (Å²) in [5.74, 6) is -0.00179. The first kappa shape index (κ1) is 24.0. The van der Waals surface area contributed by atoms with Gasteiger partial charge in [0, 0.05) is 4.47 Å². The van der Waals surface area contributed by atoms with E-state index in [9.17, 15) is 13.2 Å². The molecule has 0 aliphatic rings. The van der Waals surface area contributed by atoms with Crippen LogP contribution in [0.5, 0.6) is 0 Å². The molecule has 5 nitrogen and oxygen atoms in total. The van der Waals surface area contributed by atoms with Gasteiger partial charge in [0.2, 0.25) is 5.91 Å². The minimum atomic E-state index is -3.93. The van der Waals surface area contributed by atoms with Crippen LogP contribution < -0.4 is 9.62 Å². The third-order valence-electron chi connectivity index (χ3n) is 4.98. The second kappa shape index (κ2) is 10.8. The highest BCUT2D eigenvalue weighted by molar-refractivity contribution is 9.10. The predicted molar refractivity (Wildman–Crippen MR) is 132 cm³/mol. The largest absolute Gasteiger partial charge is 0.348 e. The van der Waals surface area contributed by atoms with Crippen LogP contribution in [0.3, 0.4) is 0 Å². The summed E-state index contributed by atoms with van der Waals surface area (Å²) in [7, 11) is -3.93. The lowest BCUT2D eigenvalue weighted by Crippen LogP contribution is -2.42. The number of nitrogens with zero attached hydrogens (tertiary/aromatic N) is 1. The van der Waals surface area contributed by atoms with Gasteiger partial charge >= 0.3 is 0 Å². The van der Waals surface area contributed by atoms with E-state index in [1.54, 1.807) is 42.5 Å². The third kappa shape index (κ3) is 6.20. The Morgan fingerprint density at radius 3 is 2.03 bits per heavy atom. The number of hydrogen-bond acceptors (Lipinski definition) is 3. The standard InChI is InChI=1S/C25H27BrN2O3S/c1-19(2)17-24(20-9-5-3-6-10-20)27-25(29)18-28(22-15-13-21(26)14-16-22)32(30,31)23-11-7-4-8-12-23/h3-16,19,24H,17-18H2,1-2H3,(H,27,29)/t24-/m0/s1. The van der Waals surface area contributed by atoms with Gasteiger partial charge in [0.1, 0.15) is 6.54 Å². The molecule has 32 heavy (non-hydrogen) atoms. The first-order valence-corrected chi connectivity index (χ1v) is 12.7. The summed E-state index contributed by atoms with van der Waals surface area (Å²) < 4.78 is 28.8. The lowest BCUT2D eigenvalue weighted by atomic mass is 9.97. The molecular formula is C25H27BrN2O3S. The molecule has 0 saturated heterocycles. The Balaban J connectivity index is 1.90. The van der Waals surface area contributed by atoms with Crippen molar-refractivity contribution in [3.05, 3.63) is 95.0 Å². The quantitative estimate of drug-likeness (QED) is 0.407. The van der Waals surface area contributed by atoms with Crippen LogP contribution in [0, 0.1) is 5.92 Å². The van der Waals surface area contributed by atoms with Crippen LogP contribution in [0.1, 0.15) is 31.9 Å². The molecule has 3 aromatic carbocycles. The van der Waals surface area contributed by atoms with E-state index in [0.29, 0.717) is 11.6 Å². The number of nitrogens with one attached hydrogen (secondary N) is 1. The molecule has 0 aromatic heterocycles. The molecule has 0 aliphatic carbocycles. The molecule has 0 aliphatic heterocycles. The number of anilines is 1. The molecule has 7 heteroatoms. The van der Waals surface area contributed by atoms with E-state index < -0.39 is 10.0 Å². The SMILES string of the molecule is CC(C)C[C@H](NC(=O)CN(c1ccc(Br)cc1)S(=O)(=O)c1ccccc1)c1ccccc1. The summed E-state index contributed by atoms with van der Waals surface area (Å²) >= 11 is 3.38. The van der Waals surface area contributed by atoms with Gasteiger partial charge in [-0.15, -0.1) is 0 Å². The normalized spacial score (nSPS) is 12.4. The Kier molecular flexibility index (Phi) is 8.10. The summed E-state index contributed by atoms with van der Waals surface area (Å²) in [6.07, 6.45) is 0.749. The number of benzene rings is 3. The summed E-state index contributed by atoms with van der Waals surface area (Å²) in [6.45, 7) is 3.87. The van der Waals surface area contributed by atoms with Crippen LogP contribution in [-0.2, 0) is 14.8 Å². The van der Waals surface area contributed by atoms with Crippen LogP contribution in [0.15, 0.2) is 94.3 Å². The number of amides is 1. The Labute approximate surface area is 198 Å². The Hall–Kier alpha value is -2.64. The lowest BCUT2D eigenvalue weighted by Gasteiger charge is -2.26. The minimum Gasteiger partial charge on any atom is -0.348 e. The fourth-order valence-corrected chi connectivity index (χ4v) is 5.15. The van der Waals surface area contributed by atoms with Crippen LogP contribution >= 0.6 is 15.9 Å². The van der Waals surface area contributed by atoms with Gasteiger partial charge in [-0.25, -0.2) is 8.42 Å². The van der Waals surface area contributed by atoms with Gasteiger partial charge in [0.05, 0.1) is 16.6 Å².